The maximum absolute atomic E-state index is 11.4. The van der Waals surface area contributed by atoms with Crippen LogP contribution in [0.2, 0.25) is 0 Å². The monoisotopic (exact) mass is 287 g/mol. The third-order valence-corrected chi connectivity index (χ3v) is 4.37. The fraction of sp³-hybridized carbons (Fsp3) is 0.471. The average Bonchev–Trinajstić information content (AvgIpc) is 2.85. The van der Waals surface area contributed by atoms with Gasteiger partial charge in [-0.15, -0.1) is 0 Å². The van der Waals surface area contributed by atoms with Crippen molar-refractivity contribution in [3.63, 3.8) is 0 Å². The van der Waals surface area contributed by atoms with Gasteiger partial charge in [-0.2, -0.15) is 0 Å². The molecule has 21 heavy (non-hydrogen) atoms. The minimum Gasteiger partial charge on any atom is -0.481 e. The molecule has 1 aliphatic heterocycles. The summed E-state index contributed by atoms with van der Waals surface area (Å²) in [4.78, 5) is 14.8. The molecule has 3 rings (SSSR count). The van der Waals surface area contributed by atoms with E-state index in [0.29, 0.717) is 6.61 Å². The average molecular weight is 287 g/mol. The number of carboxylic acids is 1. The van der Waals surface area contributed by atoms with Gasteiger partial charge in [0, 0.05) is 10.9 Å². The van der Waals surface area contributed by atoms with Crippen molar-refractivity contribution in [1.82, 2.24) is 4.98 Å². The van der Waals surface area contributed by atoms with Crippen LogP contribution in [0, 0.1) is 0 Å². The minimum absolute atomic E-state index is 0.0207. The van der Waals surface area contributed by atoms with E-state index in [4.69, 9.17) is 4.74 Å². The number of ether oxygens (including phenoxy) is 1. The summed E-state index contributed by atoms with van der Waals surface area (Å²) in [5.41, 5.74) is 2.58. The van der Waals surface area contributed by atoms with Crippen LogP contribution in [-0.4, -0.2) is 22.7 Å². The number of hydrogen-bond acceptors (Lipinski definition) is 2. The second-order valence-corrected chi connectivity index (χ2v) is 5.79. The van der Waals surface area contributed by atoms with Crippen LogP contribution in [0.4, 0.5) is 0 Å². The summed E-state index contributed by atoms with van der Waals surface area (Å²) in [6.45, 7) is 2.70. The predicted molar refractivity (Wildman–Crippen MR) is 81.4 cm³/mol. The molecule has 2 N–H and O–H groups in total. The van der Waals surface area contributed by atoms with Crippen LogP contribution in [-0.2, 0) is 21.6 Å². The fourth-order valence-electron chi connectivity index (χ4n) is 3.40. The molecule has 0 saturated heterocycles. The maximum atomic E-state index is 11.4. The maximum Gasteiger partial charge on any atom is 0.306 e. The number of aromatic nitrogens is 1. The lowest BCUT2D eigenvalue weighted by Gasteiger charge is -2.36. The van der Waals surface area contributed by atoms with Crippen molar-refractivity contribution < 1.29 is 14.6 Å². The normalized spacial score (nSPS) is 21.4. The van der Waals surface area contributed by atoms with Crippen LogP contribution in [0.15, 0.2) is 24.3 Å². The number of fused-ring (bicyclic) bond motifs is 3. The van der Waals surface area contributed by atoms with Gasteiger partial charge in [0.2, 0.25) is 0 Å². The minimum atomic E-state index is -0.808. The van der Waals surface area contributed by atoms with Crippen LogP contribution >= 0.6 is 0 Å². The summed E-state index contributed by atoms with van der Waals surface area (Å²) in [5, 5.41) is 10.5. The Bertz CT molecular complexity index is 661. The van der Waals surface area contributed by atoms with Crippen molar-refractivity contribution >= 4 is 16.9 Å². The van der Waals surface area contributed by atoms with E-state index in [1.54, 1.807) is 0 Å². The highest BCUT2D eigenvalue weighted by atomic mass is 16.5. The molecule has 2 aromatic rings. The lowest BCUT2D eigenvalue weighted by molar-refractivity contribution is -0.149. The van der Waals surface area contributed by atoms with Crippen LogP contribution in [0.25, 0.3) is 10.9 Å². The first-order valence-electron chi connectivity index (χ1n) is 7.62. The molecule has 112 valence electrons. The van der Waals surface area contributed by atoms with Gasteiger partial charge in [-0.1, -0.05) is 38.0 Å². The molecule has 0 fully saturated rings. The zero-order chi connectivity index (χ0) is 14.9. The highest BCUT2D eigenvalue weighted by Crippen LogP contribution is 2.42. The van der Waals surface area contributed by atoms with Crippen LogP contribution in [0.3, 0.4) is 0 Å². The Kier molecular flexibility index (Phi) is 3.72. The second-order valence-electron chi connectivity index (χ2n) is 5.79. The van der Waals surface area contributed by atoms with Crippen molar-refractivity contribution in [2.24, 2.45) is 0 Å². The molecule has 4 nitrogen and oxygen atoms in total. The third kappa shape index (κ3) is 2.44. The lowest BCUT2D eigenvalue weighted by Crippen LogP contribution is -2.38. The first-order valence-corrected chi connectivity index (χ1v) is 7.62. The highest BCUT2D eigenvalue weighted by molar-refractivity contribution is 5.85. The van der Waals surface area contributed by atoms with E-state index >= 15 is 0 Å². The van der Waals surface area contributed by atoms with Crippen LogP contribution in [0.1, 0.15) is 43.9 Å². The van der Waals surface area contributed by atoms with Gasteiger partial charge in [0.05, 0.1) is 18.7 Å². The van der Waals surface area contributed by atoms with Crippen molar-refractivity contribution in [1.29, 1.82) is 0 Å². The number of unbranched alkanes of at least 4 members (excludes halogenated alkanes) is 1. The Hall–Kier alpha value is -1.81. The van der Waals surface area contributed by atoms with E-state index in [9.17, 15) is 9.90 Å². The SMILES string of the molecule is CCCCC1(CC(=O)O)OCCc2c1[nH]c1ccccc21. The second kappa shape index (κ2) is 5.53. The molecule has 0 aliphatic carbocycles. The zero-order valence-electron chi connectivity index (χ0n) is 12.3. The van der Waals surface area contributed by atoms with Crippen LogP contribution in [0.5, 0.6) is 0 Å². The largest absolute Gasteiger partial charge is 0.481 e. The van der Waals surface area contributed by atoms with Gasteiger partial charge in [-0.3, -0.25) is 4.79 Å². The summed E-state index contributed by atoms with van der Waals surface area (Å²) in [5.74, 6) is -0.808. The lowest BCUT2D eigenvalue weighted by atomic mass is 9.84. The molecule has 1 atom stereocenters. The standard InChI is InChI=1S/C17H21NO3/c1-2-3-9-17(11-15(19)20)16-13(8-10-21-17)12-6-4-5-7-14(12)18-16/h4-7,18H,2-3,8-11H2,1H3,(H,19,20). The first kappa shape index (κ1) is 14.1. The Balaban J connectivity index is 2.12. The topological polar surface area (TPSA) is 62.3 Å². The Morgan fingerprint density at radius 1 is 1.43 bits per heavy atom. The van der Waals surface area contributed by atoms with E-state index in [-0.39, 0.29) is 6.42 Å². The molecule has 0 spiro atoms. The number of aliphatic carboxylic acids is 1. The number of aromatic amines is 1. The molecular weight excluding hydrogens is 266 g/mol. The number of H-pyrrole nitrogens is 1. The van der Waals surface area contributed by atoms with Gasteiger partial charge in [-0.05, 0) is 24.5 Å². The summed E-state index contributed by atoms with van der Waals surface area (Å²) in [6.07, 6.45) is 3.59. The molecule has 1 unspecified atom stereocenters. The number of hydrogen-bond donors (Lipinski definition) is 2. The first-order chi connectivity index (χ1) is 10.2. The number of para-hydroxylation sites is 1. The molecule has 4 heteroatoms. The van der Waals surface area contributed by atoms with Gasteiger partial charge >= 0.3 is 5.97 Å². The number of carbonyl (C=O) groups is 1. The van der Waals surface area contributed by atoms with Crippen molar-refractivity contribution in [3.05, 3.63) is 35.5 Å². The van der Waals surface area contributed by atoms with E-state index < -0.39 is 11.6 Å². The van der Waals surface area contributed by atoms with E-state index in [1.165, 1.54) is 10.9 Å². The Morgan fingerprint density at radius 2 is 2.24 bits per heavy atom. The van der Waals surface area contributed by atoms with Crippen molar-refractivity contribution in [2.45, 2.75) is 44.6 Å². The van der Waals surface area contributed by atoms with Crippen LogP contribution < -0.4 is 0 Å². The molecule has 0 radical (unpaired) electrons. The number of rotatable bonds is 5. The molecule has 0 amide bonds. The van der Waals surface area contributed by atoms with Gasteiger partial charge < -0.3 is 14.8 Å². The summed E-state index contributed by atoms with van der Waals surface area (Å²) < 4.78 is 6.02. The molecular formula is C17H21NO3. The quantitative estimate of drug-likeness (QED) is 0.883. The highest BCUT2D eigenvalue weighted by Gasteiger charge is 2.41. The van der Waals surface area contributed by atoms with Gasteiger partial charge in [0.25, 0.3) is 0 Å². The van der Waals surface area contributed by atoms with Gasteiger partial charge in [-0.25, -0.2) is 0 Å². The summed E-state index contributed by atoms with van der Waals surface area (Å²) >= 11 is 0. The number of nitrogens with one attached hydrogen (secondary N) is 1. The molecule has 1 aliphatic rings. The van der Waals surface area contributed by atoms with Crippen molar-refractivity contribution in [3.8, 4) is 0 Å². The predicted octanol–water partition coefficient (Wildman–Crippen LogP) is 3.60. The molecule has 0 saturated carbocycles. The van der Waals surface area contributed by atoms with E-state index in [0.717, 1.165) is 36.9 Å². The summed E-state index contributed by atoms with van der Waals surface area (Å²) in [7, 11) is 0. The van der Waals surface area contributed by atoms with Crippen molar-refractivity contribution in [2.75, 3.05) is 6.61 Å². The Labute approximate surface area is 124 Å². The zero-order valence-corrected chi connectivity index (χ0v) is 12.3. The van der Waals surface area contributed by atoms with E-state index in [2.05, 4.69) is 18.0 Å². The molecule has 1 aromatic carbocycles. The molecule has 0 bridgehead atoms. The smallest absolute Gasteiger partial charge is 0.306 e. The van der Waals surface area contributed by atoms with Gasteiger partial charge in [0.1, 0.15) is 5.60 Å². The Morgan fingerprint density at radius 3 is 3.00 bits per heavy atom. The van der Waals surface area contributed by atoms with E-state index in [1.807, 2.05) is 18.2 Å². The molecule has 1 aromatic heterocycles. The molecule has 2 heterocycles. The summed E-state index contributed by atoms with van der Waals surface area (Å²) in [6, 6.07) is 8.16. The number of benzene rings is 1. The van der Waals surface area contributed by atoms with Gasteiger partial charge in [0.15, 0.2) is 0 Å². The fourth-order valence-corrected chi connectivity index (χ4v) is 3.40. The third-order valence-electron chi connectivity index (χ3n) is 4.37. The number of carboxylic acid groups (broad SMARTS) is 1.